The van der Waals surface area contributed by atoms with E-state index >= 15 is 0 Å². The van der Waals surface area contributed by atoms with Crippen LogP contribution in [0.4, 0.5) is 5.69 Å². The van der Waals surface area contributed by atoms with Gasteiger partial charge in [-0.15, -0.1) is 5.10 Å². The van der Waals surface area contributed by atoms with Gasteiger partial charge in [-0.1, -0.05) is 35.9 Å². The molecule has 3 heterocycles. The minimum atomic E-state index is -0.669. The molecule has 2 aliphatic rings. The molecule has 2 aliphatic heterocycles. The maximum Gasteiger partial charge on any atom is 0.223 e. The molecule has 40 heavy (non-hydrogen) atoms. The molecule has 0 saturated carbocycles. The van der Waals surface area contributed by atoms with Crippen LogP contribution >= 0.6 is 33.4 Å². The van der Waals surface area contributed by atoms with Crippen LogP contribution in [0.3, 0.4) is 0 Å². The van der Waals surface area contributed by atoms with Crippen molar-refractivity contribution in [3.8, 4) is 17.4 Å². The van der Waals surface area contributed by atoms with Crippen LogP contribution in [0.1, 0.15) is 11.1 Å². The lowest BCUT2D eigenvalue weighted by molar-refractivity contribution is 0.0210. The van der Waals surface area contributed by atoms with Gasteiger partial charge in [0.25, 0.3) is 0 Å². The topological polar surface area (TPSA) is 118 Å². The lowest BCUT2D eigenvalue weighted by atomic mass is 10.1. The van der Waals surface area contributed by atoms with Gasteiger partial charge in [-0.25, -0.2) is 4.57 Å². The SMILES string of the molecule is Cc1ccccc1C=NN=C1NSSC1OC[C@H](O)CN1CCN(c2cc(O)n(-c3ccc(Cl)cc3)c2O)CC1. The zero-order valence-corrected chi connectivity index (χ0v) is 24.2. The first-order chi connectivity index (χ1) is 19.4. The van der Waals surface area contributed by atoms with Gasteiger partial charge in [-0.05, 0) is 53.1 Å². The number of benzene rings is 2. The minimum absolute atomic E-state index is 0.0250. The highest BCUT2D eigenvalue weighted by atomic mass is 35.5. The summed E-state index contributed by atoms with van der Waals surface area (Å²) in [4.78, 5) is 4.19. The number of hydrogen-bond donors (Lipinski definition) is 4. The third kappa shape index (κ3) is 6.88. The Morgan fingerprint density at radius 3 is 2.62 bits per heavy atom. The van der Waals surface area contributed by atoms with Crippen molar-refractivity contribution in [2.24, 2.45) is 10.2 Å². The number of anilines is 1. The number of amidine groups is 1. The van der Waals surface area contributed by atoms with Crippen LogP contribution in [0, 0.1) is 6.92 Å². The lowest BCUT2D eigenvalue weighted by Crippen LogP contribution is -2.49. The number of nitrogens with one attached hydrogen (secondary N) is 1. The maximum atomic E-state index is 10.8. The first-order valence-corrected chi connectivity index (χ1v) is 15.4. The van der Waals surface area contributed by atoms with Crippen molar-refractivity contribution in [1.82, 2.24) is 14.2 Å². The fraction of sp³-hybridized carbons (Fsp3) is 0.333. The van der Waals surface area contributed by atoms with E-state index in [1.807, 2.05) is 36.1 Å². The van der Waals surface area contributed by atoms with Crippen molar-refractivity contribution in [2.75, 3.05) is 44.2 Å². The molecular weight excluding hydrogens is 572 g/mol. The van der Waals surface area contributed by atoms with E-state index in [0.29, 0.717) is 55.0 Å². The molecule has 13 heteroatoms. The smallest absolute Gasteiger partial charge is 0.223 e. The van der Waals surface area contributed by atoms with E-state index in [2.05, 4.69) is 19.8 Å². The number of aliphatic hydroxyl groups is 1. The summed E-state index contributed by atoms with van der Waals surface area (Å²) in [5.41, 5.74) is 2.97. The molecule has 1 unspecified atom stereocenters. The molecule has 0 aliphatic carbocycles. The normalized spacial score (nSPS) is 19.9. The fourth-order valence-electron chi connectivity index (χ4n) is 4.54. The summed E-state index contributed by atoms with van der Waals surface area (Å²) >= 11 is 5.97. The molecule has 0 amide bonds. The summed E-state index contributed by atoms with van der Waals surface area (Å²) in [6.07, 6.45) is 1.05. The van der Waals surface area contributed by atoms with E-state index in [9.17, 15) is 15.3 Å². The fourth-order valence-corrected chi connectivity index (χ4v) is 6.54. The number of piperazine rings is 1. The molecule has 2 atom stereocenters. The van der Waals surface area contributed by atoms with E-state index in [1.165, 1.54) is 26.3 Å². The number of aryl methyl sites for hydroxylation is 1. The number of aromatic hydroxyl groups is 2. The summed E-state index contributed by atoms with van der Waals surface area (Å²) in [5.74, 6) is 0.531. The monoisotopic (exact) mass is 602 g/mol. The number of aromatic nitrogens is 1. The molecule has 4 N–H and O–H groups in total. The van der Waals surface area contributed by atoms with E-state index in [4.69, 9.17) is 16.3 Å². The van der Waals surface area contributed by atoms with Gasteiger partial charge < -0.3 is 29.7 Å². The third-order valence-corrected chi connectivity index (χ3v) is 8.94. The second-order valence-corrected chi connectivity index (χ2v) is 12.0. The average molecular weight is 603 g/mol. The van der Waals surface area contributed by atoms with Gasteiger partial charge in [-0.2, -0.15) is 5.10 Å². The molecule has 2 aromatic carbocycles. The summed E-state index contributed by atoms with van der Waals surface area (Å²) in [6.45, 7) is 5.32. The molecule has 0 bridgehead atoms. The molecule has 2 saturated heterocycles. The van der Waals surface area contributed by atoms with Crippen LogP contribution in [0.25, 0.3) is 5.69 Å². The number of halogens is 1. The van der Waals surface area contributed by atoms with Gasteiger partial charge in [0.2, 0.25) is 11.8 Å². The number of β-amino-alcohol motifs (C(OH)–C–C–N with tert-alkyl or cyclic N) is 1. The second kappa shape index (κ2) is 13.2. The van der Waals surface area contributed by atoms with Gasteiger partial charge in [0, 0.05) is 54.8 Å². The Hall–Kier alpha value is -2.87. The van der Waals surface area contributed by atoms with Crippen molar-refractivity contribution in [3.63, 3.8) is 0 Å². The van der Waals surface area contributed by atoms with Gasteiger partial charge in [0.15, 0.2) is 11.3 Å². The summed E-state index contributed by atoms with van der Waals surface area (Å²) < 4.78 is 10.4. The van der Waals surface area contributed by atoms with Crippen molar-refractivity contribution >= 4 is 51.1 Å². The predicted octanol–water partition coefficient (Wildman–Crippen LogP) is 4.01. The molecule has 2 fully saturated rings. The highest BCUT2D eigenvalue weighted by Gasteiger charge is 2.28. The molecule has 5 rings (SSSR count). The first-order valence-electron chi connectivity index (χ1n) is 12.8. The van der Waals surface area contributed by atoms with E-state index in [-0.39, 0.29) is 23.8 Å². The zero-order valence-electron chi connectivity index (χ0n) is 21.9. The third-order valence-electron chi connectivity index (χ3n) is 6.70. The predicted molar refractivity (Wildman–Crippen MR) is 163 cm³/mol. The second-order valence-electron chi connectivity index (χ2n) is 9.50. The van der Waals surface area contributed by atoms with Crippen molar-refractivity contribution in [3.05, 3.63) is 70.7 Å². The Bertz CT molecular complexity index is 1360. The number of nitrogens with zero attached hydrogens (tertiary/aromatic N) is 5. The van der Waals surface area contributed by atoms with Crippen LogP contribution < -0.4 is 9.62 Å². The Labute approximate surface area is 245 Å². The molecule has 212 valence electrons. The molecule has 1 aromatic heterocycles. The molecule has 0 spiro atoms. The summed E-state index contributed by atoms with van der Waals surface area (Å²) in [5, 5.41) is 41.0. The standard InChI is InChI=1S/C27H31ClN6O4S2/c1-18-4-2-3-5-19(18)15-29-30-25-27(39-40-31-25)38-17-22(35)16-32-10-12-33(13-11-32)23-14-24(36)34(26(23)37)21-8-6-20(28)7-9-21/h2-9,14-15,22,27,35-37H,10-13,16-17H2,1H3,(H,30,31)/t22-,27?/m1/s1. The number of aliphatic hydroxyl groups excluding tert-OH is 1. The van der Waals surface area contributed by atoms with Crippen LogP contribution in [-0.4, -0.2) is 87.7 Å². The number of rotatable bonds is 9. The van der Waals surface area contributed by atoms with Crippen LogP contribution in [0.15, 0.2) is 64.8 Å². The first kappa shape index (κ1) is 28.7. The van der Waals surface area contributed by atoms with Gasteiger partial charge in [-0.3, -0.25) is 4.90 Å². The molecule has 0 radical (unpaired) electrons. The Morgan fingerprint density at radius 2 is 1.88 bits per heavy atom. The van der Waals surface area contributed by atoms with E-state index in [1.54, 1.807) is 36.5 Å². The van der Waals surface area contributed by atoms with Crippen molar-refractivity contribution in [1.29, 1.82) is 0 Å². The highest BCUT2D eigenvalue weighted by Crippen LogP contribution is 2.38. The Morgan fingerprint density at radius 1 is 1.12 bits per heavy atom. The van der Waals surface area contributed by atoms with Crippen LogP contribution in [-0.2, 0) is 4.74 Å². The maximum absolute atomic E-state index is 10.8. The molecule has 10 nitrogen and oxygen atoms in total. The summed E-state index contributed by atoms with van der Waals surface area (Å²) in [6, 6.07) is 16.4. The van der Waals surface area contributed by atoms with Gasteiger partial charge in [0.1, 0.15) is 5.69 Å². The van der Waals surface area contributed by atoms with Crippen LogP contribution in [0.5, 0.6) is 11.8 Å². The van der Waals surface area contributed by atoms with E-state index in [0.717, 1.165) is 11.1 Å². The highest BCUT2D eigenvalue weighted by molar-refractivity contribution is 8.77. The molecular formula is C27H31ClN6O4S2. The van der Waals surface area contributed by atoms with E-state index < -0.39 is 6.10 Å². The van der Waals surface area contributed by atoms with Gasteiger partial charge in [0.05, 0.1) is 24.6 Å². The Kier molecular flexibility index (Phi) is 9.45. The Balaban J connectivity index is 1.09. The quantitative estimate of drug-likeness (QED) is 0.125. The van der Waals surface area contributed by atoms with Crippen molar-refractivity contribution in [2.45, 2.75) is 18.5 Å². The van der Waals surface area contributed by atoms with Crippen molar-refractivity contribution < 1.29 is 20.1 Å². The summed E-state index contributed by atoms with van der Waals surface area (Å²) in [7, 11) is 2.91. The minimum Gasteiger partial charge on any atom is -0.494 e. The van der Waals surface area contributed by atoms with Crippen LogP contribution in [0.2, 0.25) is 5.02 Å². The number of ether oxygens (including phenoxy) is 1. The zero-order chi connectivity index (χ0) is 28.1. The molecule has 3 aromatic rings. The average Bonchev–Trinajstić information content (AvgIpc) is 3.52. The number of hydrogen-bond acceptors (Lipinski definition) is 10. The lowest BCUT2D eigenvalue weighted by Gasteiger charge is -2.36. The van der Waals surface area contributed by atoms with Gasteiger partial charge >= 0.3 is 0 Å². The largest absolute Gasteiger partial charge is 0.494 e.